The van der Waals surface area contributed by atoms with Crippen LogP contribution in [0.2, 0.25) is 5.02 Å². The van der Waals surface area contributed by atoms with E-state index in [1.165, 1.54) is 31.0 Å². The first-order valence-corrected chi connectivity index (χ1v) is 10.3. The highest BCUT2D eigenvalue weighted by Gasteiger charge is 2.38. The molecule has 1 unspecified atom stereocenters. The number of hydrogen-bond acceptors (Lipinski definition) is 4. The van der Waals surface area contributed by atoms with Crippen molar-refractivity contribution in [3.8, 4) is 0 Å². The molecule has 1 aromatic rings. The lowest BCUT2D eigenvalue weighted by Gasteiger charge is -2.16. The van der Waals surface area contributed by atoms with E-state index in [9.17, 15) is 9.59 Å². The summed E-state index contributed by atoms with van der Waals surface area (Å²) < 4.78 is 0. The monoisotopic (exact) mass is 395 g/mol. The topological polar surface area (TPSA) is 61.8 Å². The Morgan fingerprint density at radius 1 is 1.31 bits per heavy atom. The average molecular weight is 396 g/mol. The van der Waals surface area contributed by atoms with Crippen molar-refractivity contribution in [3.63, 3.8) is 0 Å². The molecule has 7 heteroatoms. The first kappa shape index (κ1) is 20.8. The van der Waals surface area contributed by atoms with Crippen molar-refractivity contribution in [2.45, 2.75) is 50.7 Å². The summed E-state index contributed by atoms with van der Waals surface area (Å²) >= 11 is 7.40. The fourth-order valence-electron chi connectivity index (χ4n) is 2.73. The molecule has 1 aliphatic heterocycles. The zero-order valence-corrected chi connectivity index (χ0v) is 16.9. The van der Waals surface area contributed by atoms with Gasteiger partial charge < -0.3 is 5.32 Å². The van der Waals surface area contributed by atoms with E-state index >= 15 is 0 Å². The van der Waals surface area contributed by atoms with Crippen LogP contribution in [0.4, 0.5) is 5.69 Å². The smallest absolute Gasteiger partial charge is 0.242 e. The summed E-state index contributed by atoms with van der Waals surface area (Å²) in [4.78, 5) is 30.8. The van der Waals surface area contributed by atoms with Crippen LogP contribution in [-0.2, 0) is 9.59 Å². The van der Waals surface area contributed by atoms with Crippen molar-refractivity contribution in [3.05, 3.63) is 29.3 Å². The number of benzene rings is 1. The molecular formula is C19H26ClN3O2S. The normalized spacial score (nSPS) is 18.6. The van der Waals surface area contributed by atoms with Crippen molar-refractivity contribution in [2.24, 2.45) is 4.99 Å². The molecule has 1 aliphatic rings. The molecule has 142 valence electrons. The lowest BCUT2D eigenvalue weighted by atomic mass is 10.1. The largest absolute Gasteiger partial charge is 0.359 e. The number of aliphatic imine (C=N–C) groups is 1. The summed E-state index contributed by atoms with van der Waals surface area (Å²) in [6.07, 6.45) is 5.77. The Kier molecular flexibility index (Phi) is 8.45. The third-order valence-corrected chi connectivity index (χ3v) is 5.60. The predicted octanol–water partition coefficient (Wildman–Crippen LogP) is 4.38. The minimum Gasteiger partial charge on any atom is -0.359 e. The number of hydrogen-bond donors (Lipinski definition) is 1. The number of amidine groups is 1. The molecule has 26 heavy (non-hydrogen) atoms. The summed E-state index contributed by atoms with van der Waals surface area (Å²) in [7, 11) is 1.58. The molecule has 1 N–H and O–H groups in total. The van der Waals surface area contributed by atoms with E-state index in [2.05, 4.69) is 17.2 Å². The van der Waals surface area contributed by atoms with Crippen molar-refractivity contribution in [1.29, 1.82) is 0 Å². The van der Waals surface area contributed by atoms with Crippen molar-refractivity contribution in [2.75, 3.05) is 13.6 Å². The van der Waals surface area contributed by atoms with Crippen molar-refractivity contribution < 1.29 is 9.59 Å². The number of nitrogens with zero attached hydrogens (tertiary/aromatic N) is 2. The Morgan fingerprint density at radius 3 is 2.77 bits per heavy atom. The molecule has 5 nitrogen and oxygen atoms in total. The van der Waals surface area contributed by atoms with E-state index in [-0.39, 0.29) is 18.2 Å². The van der Waals surface area contributed by atoms with Gasteiger partial charge in [0.05, 0.1) is 5.69 Å². The Balaban J connectivity index is 2.12. The minimum absolute atomic E-state index is 0.0325. The van der Waals surface area contributed by atoms with Crippen LogP contribution in [0.5, 0.6) is 0 Å². The van der Waals surface area contributed by atoms with Gasteiger partial charge in [0.15, 0.2) is 5.17 Å². The van der Waals surface area contributed by atoms with Gasteiger partial charge in [-0.2, -0.15) is 0 Å². The van der Waals surface area contributed by atoms with Gasteiger partial charge in [0, 0.05) is 25.0 Å². The van der Waals surface area contributed by atoms with E-state index in [0.29, 0.717) is 22.4 Å². The van der Waals surface area contributed by atoms with Crippen LogP contribution in [0.15, 0.2) is 29.3 Å². The zero-order valence-electron chi connectivity index (χ0n) is 15.3. The Hall–Kier alpha value is -1.53. The molecule has 2 amide bonds. The first-order chi connectivity index (χ1) is 12.5. The number of rotatable bonds is 9. The van der Waals surface area contributed by atoms with Gasteiger partial charge in [-0.3, -0.25) is 14.5 Å². The van der Waals surface area contributed by atoms with Gasteiger partial charge in [-0.1, -0.05) is 62.0 Å². The quantitative estimate of drug-likeness (QED) is 0.631. The molecule has 0 bridgehead atoms. The molecule has 1 atom stereocenters. The van der Waals surface area contributed by atoms with E-state index in [4.69, 9.17) is 11.6 Å². The molecule has 0 aromatic heterocycles. The number of halogens is 1. The van der Waals surface area contributed by atoms with Gasteiger partial charge in [-0.25, -0.2) is 4.99 Å². The second-order valence-corrected chi connectivity index (χ2v) is 7.87. The van der Waals surface area contributed by atoms with Crippen LogP contribution < -0.4 is 5.32 Å². The Bertz CT molecular complexity index is 666. The third-order valence-electron chi connectivity index (χ3n) is 4.19. The van der Waals surface area contributed by atoms with Gasteiger partial charge in [0.1, 0.15) is 5.25 Å². The maximum absolute atomic E-state index is 12.8. The minimum atomic E-state index is -0.413. The zero-order chi connectivity index (χ0) is 18.9. The lowest BCUT2D eigenvalue weighted by molar-refractivity contribution is -0.129. The van der Waals surface area contributed by atoms with Crippen molar-refractivity contribution >= 4 is 46.0 Å². The highest BCUT2D eigenvalue weighted by Crippen LogP contribution is 2.32. The summed E-state index contributed by atoms with van der Waals surface area (Å²) in [5.41, 5.74) is 0.712. The van der Waals surface area contributed by atoms with Crippen LogP contribution in [0.1, 0.15) is 45.4 Å². The molecule has 1 saturated heterocycles. The average Bonchev–Trinajstić information content (AvgIpc) is 2.90. The molecular weight excluding hydrogens is 370 g/mol. The fourth-order valence-corrected chi connectivity index (χ4v) is 4.10. The fraction of sp³-hybridized carbons (Fsp3) is 0.526. The van der Waals surface area contributed by atoms with Gasteiger partial charge in [0.2, 0.25) is 11.8 Å². The van der Waals surface area contributed by atoms with E-state index in [1.807, 2.05) is 12.1 Å². The van der Waals surface area contributed by atoms with Gasteiger partial charge in [0.25, 0.3) is 0 Å². The SMILES string of the molecule is CCCCCCCN1C(=O)C(CC(=O)NC)SC1=Nc1cccc(Cl)c1. The number of carbonyl (C=O) groups excluding carboxylic acids is 2. The highest BCUT2D eigenvalue weighted by molar-refractivity contribution is 8.15. The Morgan fingerprint density at radius 2 is 2.08 bits per heavy atom. The molecule has 2 rings (SSSR count). The standard InChI is InChI=1S/C19H26ClN3O2S/c1-3-4-5-6-7-11-23-18(25)16(13-17(24)21-2)26-19(23)22-15-10-8-9-14(20)12-15/h8-10,12,16H,3-7,11,13H2,1-2H3,(H,21,24). The molecule has 0 spiro atoms. The summed E-state index contributed by atoms with van der Waals surface area (Å²) in [5.74, 6) is -0.169. The number of unbranched alkanes of at least 4 members (excludes halogenated alkanes) is 4. The van der Waals surface area contributed by atoms with E-state index in [0.717, 1.165) is 12.8 Å². The van der Waals surface area contributed by atoms with Crippen LogP contribution in [0.3, 0.4) is 0 Å². The molecule has 1 heterocycles. The lowest BCUT2D eigenvalue weighted by Crippen LogP contribution is -2.34. The van der Waals surface area contributed by atoms with E-state index < -0.39 is 5.25 Å². The maximum atomic E-state index is 12.8. The van der Waals surface area contributed by atoms with Gasteiger partial charge in [-0.05, 0) is 24.6 Å². The summed E-state index contributed by atoms with van der Waals surface area (Å²) in [6, 6.07) is 7.25. The van der Waals surface area contributed by atoms with Gasteiger partial charge in [-0.15, -0.1) is 0 Å². The number of amides is 2. The second kappa shape index (κ2) is 10.6. The molecule has 1 aromatic carbocycles. The third kappa shape index (κ3) is 6.02. The van der Waals surface area contributed by atoms with E-state index in [1.54, 1.807) is 24.1 Å². The first-order valence-electron chi connectivity index (χ1n) is 9.08. The number of thioether (sulfide) groups is 1. The van der Waals surface area contributed by atoms with Crippen molar-refractivity contribution in [1.82, 2.24) is 10.2 Å². The van der Waals surface area contributed by atoms with Crippen LogP contribution in [0, 0.1) is 0 Å². The molecule has 0 aliphatic carbocycles. The Labute approximate surface area is 164 Å². The number of carbonyl (C=O) groups is 2. The van der Waals surface area contributed by atoms with Gasteiger partial charge >= 0.3 is 0 Å². The second-order valence-electron chi connectivity index (χ2n) is 6.26. The van der Waals surface area contributed by atoms with Crippen LogP contribution in [-0.4, -0.2) is 40.7 Å². The van der Waals surface area contributed by atoms with Crippen LogP contribution in [0.25, 0.3) is 0 Å². The molecule has 0 radical (unpaired) electrons. The summed E-state index contributed by atoms with van der Waals surface area (Å²) in [6.45, 7) is 2.82. The molecule has 1 fully saturated rings. The number of nitrogens with one attached hydrogen (secondary N) is 1. The maximum Gasteiger partial charge on any atom is 0.242 e. The summed E-state index contributed by atoms with van der Waals surface area (Å²) in [5, 5.41) is 3.43. The molecule has 0 saturated carbocycles. The predicted molar refractivity (Wildman–Crippen MR) is 109 cm³/mol. The highest BCUT2D eigenvalue weighted by atomic mass is 35.5. The van der Waals surface area contributed by atoms with Crippen LogP contribution >= 0.6 is 23.4 Å².